The van der Waals surface area contributed by atoms with Gasteiger partial charge in [-0.1, -0.05) is 0 Å². The van der Waals surface area contributed by atoms with Crippen LogP contribution in [-0.2, 0) is 0 Å². The molecular formula is C32H24F2N2O2. The zero-order chi connectivity index (χ0) is 26.2. The summed E-state index contributed by atoms with van der Waals surface area (Å²) in [7, 11) is 3.27. The van der Waals surface area contributed by atoms with Crippen molar-refractivity contribution in [1.82, 2.24) is 9.13 Å². The Bertz CT molecular complexity index is 1580. The van der Waals surface area contributed by atoms with Crippen molar-refractivity contribution in [2.45, 2.75) is 0 Å². The molecule has 2 heterocycles. The highest BCUT2D eigenvalue weighted by Gasteiger charge is 2.21. The van der Waals surface area contributed by atoms with Crippen LogP contribution in [0.2, 0.25) is 0 Å². The van der Waals surface area contributed by atoms with E-state index >= 15 is 0 Å². The van der Waals surface area contributed by atoms with E-state index in [0.717, 1.165) is 56.4 Å². The molecule has 0 fully saturated rings. The third-order valence-electron chi connectivity index (χ3n) is 6.71. The summed E-state index contributed by atoms with van der Waals surface area (Å²) < 4.78 is 42.7. The van der Waals surface area contributed by atoms with Gasteiger partial charge < -0.3 is 18.6 Å². The highest BCUT2D eigenvalue weighted by Crippen LogP contribution is 2.39. The van der Waals surface area contributed by atoms with Crippen LogP contribution < -0.4 is 9.47 Å². The summed E-state index contributed by atoms with van der Waals surface area (Å²) in [4.78, 5) is 0. The lowest BCUT2D eigenvalue weighted by Crippen LogP contribution is -1.97. The molecule has 0 unspecified atom stereocenters. The molecule has 6 aromatic rings. The second-order valence-corrected chi connectivity index (χ2v) is 8.91. The van der Waals surface area contributed by atoms with Crippen molar-refractivity contribution in [1.29, 1.82) is 0 Å². The molecule has 2 aromatic heterocycles. The molecule has 0 spiro atoms. The summed E-state index contributed by atoms with van der Waals surface area (Å²) in [5, 5.41) is 0. The molecule has 38 heavy (non-hydrogen) atoms. The molecule has 4 aromatic carbocycles. The molecule has 6 rings (SSSR count). The van der Waals surface area contributed by atoms with Crippen LogP contribution in [0, 0.1) is 11.6 Å². The van der Waals surface area contributed by atoms with Crippen LogP contribution in [-0.4, -0.2) is 23.4 Å². The average Bonchev–Trinajstić information content (AvgIpc) is 3.50. The highest BCUT2D eigenvalue weighted by atomic mass is 19.1. The number of benzene rings is 4. The van der Waals surface area contributed by atoms with Gasteiger partial charge in [0.2, 0.25) is 0 Å². The smallest absolute Gasteiger partial charge is 0.123 e. The molecule has 0 N–H and O–H groups in total. The molecule has 0 amide bonds. The van der Waals surface area contributed by atoms with Crippen LogP contribution >= 0.6 is 0 Å². The fourth-order valence-electron chi connectivity index (χ4n) is 4.84. The monoisotopic (exact) mass is 506 g/mol. The van der Waals surface area contributed by atoms with E-state index in [1.165, 1.54) is 24.3 Å². The Morgan fingerprint density at radius 2 is 0.816 bits per heavy atom. The van der Waals surface area contributed by atoms with Crippen molar-refractivity contribution >= 4 is 11.0 Å². The number of hydrogen-bond acceptors (Lipinski definition) is 2. The third kappa shape index (κ3) is 4.10. The van der Waals surface area contributed by atoms with Gasteiger partial charge in [0.15, 0.2) is 0 Å². The number of halogens is 2. The lowest BCUT2D eigenvalue weighted by Gasteiger charge is -2.12. The van der Waals surface area contributed by atoms with Gasteiger partial charge in [-0.25, -0.2) is 8.78 Å². The highest BCUT2D eigenvalue weighted by molar-refractivity contribution is 5.93. The first-order valence-corrected chi connectivity index (χ1v) is 12.1. The minimum absolute atomic E-state index is 0.290. The molecule has 0 saturated carbocycles. The Hall–Kier alpha value is -4.84. The van der Waals surface area contributed by atoms with E-state index in [1.807, 2.05) is 48.5 Å². The van der Waals surface area contributed by atoms with Crippen molar-refractivity contribution in [3.05, 3.63) is 121 Å². The summed E-state index contributed by atoms with van der Waals surface area (Å²) in [6.45, 7) is 0. The van der Waals surface area contributed by atoms with Gasteiger partial charge >= 0.3 is 0 Å². The van der Waals surface area contributed by atoms with Gasteiger partial charge in [0.25, 0.3) is 0 Å². The molecular weight excluding hydrogens is 482 g/mol. The Morgan fingerprint density at radius 3 is 1.13 bits per heavy atom. The van der Waals surface area contributed by atoms with Crippen molar-refractivity contribution in [2.24, 2.45) is 0 Å². The maximum absolute atomic E-state index is 13.8. The van der Waals surface area contributed by atoms with Gasteiger partial charge in [-0.2, -0.15) is 0 Å². The van der Waals surface area contributed by atoms with Crippen molar-refractivity contribution in [3.8, 4) is 45.4 Å². The number of aromatic nitrogens is 2. The van der Waals surface area contributed by atoms with E-state index in [0.29, 0.717) is 0 Å². The van der Waals surface area contributed by atoms with Gasteiger partial charge in [0.1, 0.15) is 23.1 Å². The molecule has 188 valence electrons. The largest absolute Gasteiger partial charge is 0.497 e. The minimum Gasteiger partial charge on any atom is -0.497 e. The lowest BCUT2D eigenvalue weighted by molar-refractivity contribution is 0.414. The van der Waals surface area contributed by atoms with Crippen LogP contribution in [0.1, 0.15) is 0 Å². The first kappa shape index (κ1) is 23.6. The first-order chi connectivity index (χ1) is 18.6. The van der Waals surface area contributed by atoms with Crippen LogP contribution in [0.4, 0.5) is 8.78 Å². The van der Waals surface area contributed by atoms with Gasteiger partial charge in [0, 0.05) is 11.4 Å². The molecule has 0 aliphatic carbocycles. The summed E-state index contributed by atoms with van der Waals surface area (Å²) >= 11 is 0. The van der Waals surface area contributed by atoms with Gasteiger partial charge in [0.05, 0.1) is 36.6 Å². The minimum atomic E-state index is -0.290. The summed E-state index contributed by atoms with van der Waals surface area (Å²) in [6, 6.07) is 32.8. The predicted molar refractivity (Wildman–Crippen MR) is 146 cm³/mol. The molecule has 0 bridgehead atoms. The van der Waals surface area contributed by atoms with Crippen molar-refractivity contribution < 1.29 is 18.3 Å². The molecule has 0 saturated heterocycles. The van der Waals surface area contributed by atoms with Gasteiger partial charge in [-0.3, -0.25) is 0 Å². The Balaban J connectivity index is 1.67. The van der Waals surface area contributed by atoms with Crippen LogP contribution in [0.25, 0.3) is 44.9 Å². The second kappa shape index (κ2) is 9.56. The molecule has 0 radical (unpaired) electrons. The van der Waals surface area contributed by atoms with E-state index in [-0.39, 0.29) is 11.6 Å². The maximum Gasteiger partial charge on any atom is 0.123 e. The number of hydrogen-bond donors (Lipinski definition) is 0. The second-order valence-electron chi connectivity index (χ2n) is 8.91. The fourth-order valence-corrected chi connectivity index (χ4v) is 4.84. The Morgan fingerprint density at radius 1 is 0.474 bits per heavy atom. The lowest BCUT2D eigenvalue weighted by atomic mass is 10.1. The van der Waals surface area contributed by atoms with E-state index < -0.39 is 0 Å². The van der Waals surface area contributed by atoms with Crippen molar-refractivity contribution in [3.63, 3.8) is 0 Å². The predicted octanol–water partition coefficient (Wildman–Crippen LogP) is 8.05. The van der Waals surface area contributed by atoms with Crippen LogP contribution in [0.5, 0.6) is 11.5 Å². The van der Waals surface area contributed by atoms with E-state index in [9.17, 15) is 8.78 Å². The molecule has 6 heteroatoms. The Labute approximate surface area is 218 Å². The van der Waals surface area contributed by atoms with E-state index in [2.05, 4.69) is 21.3 Å². The van der Waals surface area contributed by atoms with E-state index in [1.54, 1.807) is 38.5 Å². The average molecular weight is 507 g/mol. The molecule has 0 atom stereocenters. The normalized spacial score (nSPS) is 11.2. The summed E-state index contributed by atoms with van der Waals surface area (Å²) in [6.07, 6.45) is 0. The number of methoxy groups -OCH3 is 2. The van der Waals surface area contributed by atoms with Crippen molar-refractivity contribution in [2.75, 3.05) is 14.2 Å². The maximum atomic E-state index is 13.8. The van der Waals surface area contributed by atoms with Crippen LogP contribution in [0.3, 0.4) is 0 Å². The number of nitrogens with zero attached hydrogens (tertiary/aromatic N) is 2. The molecule has 4 nitrogen and oxygen atoms in total. The van der Waals surface area contributed by atoms with Gasteiger partial charge in [-0.05, 0) is 120 Å². The quantitative estimate of drug-likeness (QED) is 0.229. The number of rotatable bonds is 6. The zero-order valence-corrected chi connectivity index (χ0v) is 20.9. The van der Waals surface area contributed by atoms with E-state index in [4.69, 9.17) is 9.47 Å². The molecule has 0 aliphatic heterocycles. The fraction of sp³-hybridized carbons (Fsp3) is 0.0625. The standard InChI is InChI=1S/C32H24F2N2O2/c1-37-27-15-11-25(12-16-27)35-29(21-3-7-23(33)8-4-21)19-32-31(35)20-30(22-5-9-24(34)10-6-22)36(32)26-13-17-28(38-2)18-14-26/h3-20H,1-2H3. The van der Waals surface area contributed by atoms with Crippen LogP contribution in [0.15, 0.2) is 109 Å². The third-order valence-corrected chi connectivity index (χ3v) is 6.71. The summed E-state index contributed by atoms with van der Waals surface area (Å²) in [5.74, 6) is 0.927. The number of ether oxygens (including phenoxy) is 2. The topological polar surface area (TPSA) is 28.3 Å². The van der Waals surface area contributed by atoms with Gasteiger partial charge in [-0.15, -0.1) is 0 Å². The SMILES string of the molecule is COc1ccc(-n2c(-c3ccc(F)cc3)cc3c2cc(-c2ccc(F)cc2)n3-c2ccc(OC)cc2)cc1. The Kier molecular flexibility index (Phi) is 5.92. The first-order valence-electron chi connectivity index (χ1n) is 12.1. The number of fused-ring (bicyclic) bond motifs is 1. The summed E-state index contributed by atoms with van der Waals surface area (Å²) in [5.41, 5.74) is 7.33. The zero-order valence-electron chi connectivity index (χ0n) is 20.9. The molecule has 0 aliphatic rings.